The van der Waals surface area contributed by atoms with Crippen molar-refractivity contribution in [1.29, 1.82) is 0 Å². The Labute approximate surface area is 154 Å². The molecule has 0 radical (unpaired) electrons. The summed E-state index contributed by atoms with van der Waals surface area (Å²) in [5.74, 6) is 0. The molecule has 0 aliphatic carbocycles. The first-order valence-electron chi connectivity index (χ1n) is 8.53. The van der Waals surface area contributed by atoms with Crippen molar-refractivity contribution < 1.29 is 4.79 Å². The lowest BCUT2D eigenvalue weighted by molar-refractivity contribution is 0.239. The Morgan fingerprint density at radius 3 is 2.78 bits per heavy atom. The van der Waals surface area contributed by atoms with Crippen molar-refractivity contribution in [1.82, 2.24) is 34.8 Å². The van der Waals surface area contributed by atoms with Gasteiger partial charge >= 0.3 is 6.03 Å². The smallest absolute Gasteiger partial charge is 0.344 e. The molecular formula is C18H19N7O2. The molecule has 138 valence electrons. The van der Waals surface area contributed by atoms with E-state index >= 15 is 0 Å². The minimum absolute atomic E-state index is 0.225. The Kier molecular flexibility index (Phi) is 4.21. The average molecular weight is 365 g/mol. The predicted octanol–water partition coefficient (Wildman–Crippen LogP) is 1.13. The van der Waals surface area contributed by atoms with Gasteiger partial charge in [0.25, 0.3) is 5.56 Å². The lowest BCUT2D eigenvalue weighted by Gasteiger charge is -2.10. The molecule has 1 aromatic heterocycles. The van der Waals surface area contributed by atoms with E-state index in [-0.39, 0.29) is 11.6 Å². The fraction of sp³-hybridized carbons (Fsp3) is 0.222. The molecule has 27 heavy (non-hydrogen) atoms. The minimum Gasteiger partial charge on any atom is -0.345 e. The number of hydrogen-bond donors (Lipinski definition) is 2. The standard InChI is InChI=1S/C18H19N7O2/c1-23(2)9-8-19-18(27)25-16-13(11-21-25)15-14(10-20-16)17(26)24(22-15)12-6-4-3-5-7-12/h3-7,10-11,20H,8-9H2,1-2H3,(H,19,27). The summed E-state index contributed by atoms with van der Waals surface area (Å²) >= 11 is 0. The minimum atomic E-state index is -0.340. The highest BCUT2D eigenvalue weighted by Gasteiger charge is 2.22. The summed E-state index contributed by atoms with van der Waals surface area (Å²) in [5.41, 5.74) is 1.89. The molecule has 4 rings (SSSR count). The van der Waals surface area contributed by atoms with Gasteiger partial charge in [0.05, 0.1) is 22.8 Å². The first kappa shape index (κ1) is 17.0. The SMILES string of the molecule is CN(C)CCNC(=O)n1ncc2c3nn(-c4ccccc4)c(=O)c-3c[nH]c21. The van der Waals surface area contributed by atoms with Crippen molar-refractivity contribution in [3.05, 3.63) is 53.1 Å². The summed E-state index contributed by atoms with van der Waals surface area (Å²) in [7, 11) is 3.87. The molecule has 1 aromatic carbocycles. The monoisotopic (exact) mass is 365 g/mol. The van der Waals surface area contributed by atoms with E-state index < -0.39 is 0 Å². The largest absolute Gasteiger partial charge is 0.345 e. The third-order valence-corrected chi connectivity index (χ3v) is 4.28. The van der Waals surface area contributed by atoms with Gasteiger partial charge in [-0.2, -0.15) is 19.6 Å². The van der Waals surface area contributed by atoms with Crippen LogP contribution in [0.5, 0.6) is 0 Å². The predicted molar refractivity (Wildman–Crippen MR) is 101 cm³/mol. The molecule has 1 amide bonds. The van der Waals surface area contributed by atoms with E-state index in [1.54, 1.807) is 12.4 Å². The van der Waals surface area contributed by atoms with Gasteiger partial charge in [-0.1, -0.05) is 18.2 Å². The van der Waals surface area contributed by atoms with E-state index in [0.717, 1.165) is 6.54 Å². The number of aromatic nitrogens is 5. The fourth-order valence-electron chi connectivity index (χ4n) is 2.90. The lowest BCUT2D eigenvalue weighted by Crippen LogP contribution is -2.34. The van der Waals surface area contributed by atoms with Crippen LogP contribution in [0.3, 0.4) is 0 Å². The normalized spacial score (nSPS) is 11.5. The van der Waals surface area contributed by atoms with Gasteiger partial charge in [0.2, 0.25) is 0 Å². The van der Waals surface area contributed by atoms with Crippen molar-refractivity contribution in [2.24, 2.45) is 0 Å². The fourth-order valence-corrected chi connectivity index (χ4v) is 2.90. The molecule has 2 aliphatic heterocycles. The highest BCUT2D eigenvalue weighted by atomic mass is 16.2. The zero-order valence-electron chi connectivity index (χ0n) is 15.0. The molecule has 2 aliphatic rings. The van der Waals surface area contributed by atoms with E-state index in [1.807, 2.05) is 49.3 Å². The summed E-state index contributed by atoms with van der Waals surface area (Å²) in [6, 6.07) is 8.86. The highest BCUT2D eigenvalue weighted by Crippen LogP contribution is 2.25. The van der Waals surface area contributed by atoms with Crippen LogP contribution in [0.4, 0.5) is 4.79 Å². The van der Waals surface area contributed by atoms with Gasteiger partial charge in [-0.05, 0) is 26.2 Å². The summed E-state index contributed by atoms with van der Waals surface area (Å²) in [4.78, 5) is 30.1. The van der Waals surface area contributed by atoms with Crippen molar-refractivity contribution in [2.45, 2.75) is 0 Å². The van der Waals surface area contributed by atoms with Crippen LogP contribution in [0.2, 0.25) is 0 Å². The van der Waals surface area contributed by atoms with Crippen LogP contribution in [0.15, 0.2) is 47.5 Å². The number of nitrogens with zero attached hydrogens (tertiary/aromatic N) is 5. The Bertz CT molecular complexity index is 1120. The zero-order chi connectivity index (χ0) is 19.0. The van der Waals surface area contributed by atoms with E-state index in [4.69, 9.17) is 0 Å². The number of rotatable bonds is 4. The van der Waals surface area contributed by atoms with E-state index in [9.17, 15) is 9.59 Å². The van der Waals surface area contributed by atoms with Crippen LogP contribution < -0.4 is 10.9 Å². The van der Waals surface area contributed by atoms with Gasteiger partial charge in [0.1, 0.15) is 11.3 Å². The number of fused-ring (bicyclic) bond motifs is 3. The number of para-hydroxylation sites is 1. The van der Waals surface area contributed by atoms with Gasteiger partial charge in [-0.15, -0.1) is 0 Å². The molecule has 0 spiro atoms. The number of carbonyl (C=O) groups excluding carboxylic acids is 1. The molecule has 9 nitrogen and oxygen atoms in total. The van der Waals surface area contributed by atoms with Crippen LogP contribution in [0, 0.1) is 0 Å². The van der Waals surface area contributed by atoms with Crippen LogP contribution in [-0.2, 0) is 0 Å². The number of carbonyl (C=O) groups is 1. The molecule has 0 saturated carbocycles. The number of pyridine rings is 1. The molecule has 0 fully saturated rings. The van der Waals surface area contributed by atoms with Crippen molar-refractivity contribution >= 4 is 17.1 Å². The second-order valence-corrected chi connectivity index (χ2v) is 6.46. The Balaban J connectivity index is 1.75. The zero-order valence-corrected chi connectivity index (χ0v) is 15.0. The summed E-state index contributed by atoms with van der Waals surface area (Å²) in [6.07, 6.45) is 3.11. The Hall–Kier alpha value is -3.46. The number of hydrogen-bond acceptors (Lipinski definition) is 5. The topological polar surface area (TPSA) is 101 Å². The number of benzene rings is 1. The lowest BCUT2D eigenvalue weighted by atomic mass is 10.2. The van der Waals surface area contributed by atoms with E-state index in [2.05, 4.69) is 20.5 Å². The highest BCUT2D eigenvalue weighted by molar-refractivity contribution is 5.95. The average Bonchev–Trinajstić information content (AvgIpc) is 3.23. The molecule has 2 aromatic rings. The molecule has 0 atom stereocenters. The summed E-state index contributed by atoms with van der Waals surface area (Å²) in [6.45, 7) is 1.22. The Morgan fingerprint density at radius 2 is 2.04 bits per heavy atom. The Morgan fingerprint density at radius 1 is 1.26 bits per heavy atom. The second kappa shape index (κ2) is 6.69. The maximum atomic E-state index is 12.7. The van der Waals surface area contributed by atoms with E-state index in [0.29, 0.717) is 34.5 Å². The maximum absolute atomic E-state index is 12.7. The van der Waals surface area contributed by atoms with Crippen LogP contribution in [-0.4, -0.2) is 62.7 Å². The second-order valence-electron chi connectivity index (χ2n) is 6.46. The first-order chi connectivity index (χ1) is 13.1. The summed E-state index contributed by atoms with van der Waals surface area (Å²) in [5, 5.41) is 12.0. The van der Waals surface area contributed by atoms with Gasteiger partial charge < -0.3 is 15.2 Å². The molecular weight excluding hydrogens is 346 g/mol. The van der Waals surface area contributed by atoms with Crippen molar-refractivity contribution in [3.8, 4) is 16.9 Å². The summed E-state index contributed by atoms with van der Waals surface area (Å²) < 4.78 is 2.60. The molecule has 0 bridgehead atoms. The number of nitrogens with one attached hydrogen (secondary N) is 2. The van der Waals surface area contributed by atoms with Crippen LogP contribution in [0.25, 0.3) is 28.0 Å². The van der Waals surface area contributed by atoms with Crippen molar-refractivity contribution in [3.63, 3.8) is 0 Å². The van der Waals surface area contributed by atoms with Gasteiger partial charge in [0.15, 0.2) is 0 Å². The molecule has 3 heterocycles. The molecule has 0 saturated heterocycles. The quantitative estimate of drug-likeness (QED) is 0.565. The third-order valence-electron chi connectivity index (χ3n) is 4.28. The van der Waals surface area contributed by atoms with Gasteiger partial charge in [-0.25, -0.2) is 4.79 Å². The van der Waals surface area contributed by atoms with Crippen LogP contribution >= 0.6 is 0 Å². The number of amides is 1. The van der Waals surface area contributed by atoms with Crippen LogP contribution in [0.1, 0.15) is 0 Å². The maximum Gasteiger partial charge on any atom is 0.344 e. The third kappa shape index (κ3) is 2.97. The first-order valence-corrected chi connectivity index (χ1v) is 8.53. The van der Waals surface area contributed by atoms with Crippen molar-refractivity contribution in [2.75, 3.05) is 27.2 Å². The molecule has 2 N–H and O–H groups in total. The molecule has 0 unspecified atom stereocenters. The molecule has 9 heteroatoms. The number of likely N-dealkylation sites (N-methyl/N-ethyl adjacent to an activating group) is 1. The van der Waals surface area contributed by atoms with E-state index in [1.165, 1.54) is 9.36 Å². The van der Waals surface area contributed by atoms with Gasteiger partial charge in [0, 0.05) is 19.3 Å². The number of aromatic amines is 1. The van der Waals surface area contributed by atoms with Gasteiger partial charge in [-0.3, -0.25) is 4.79 Å². The number of H-pyrrole nitrogens is 1.